The van der Waals surface area contributed by atoms with Crippen molar-refractivity contribution in [3.8, 4) is 0 Å². The van der Waals surface area contributed by atoms with Gasteiger partial charge < -0.3 is 14.4 Å². The molecule has 1 unspecified atom stereocenters. The third-order valence-corrected chi connectivity index (χ3v) is 6.46. The van der Waals surface area contributed by atoms with Crippen LogP contribution in [-0.4, -0.2) is 42.6 Å². The van der Waals surface area contributed by atoms with Crippen LogP contribution in [-0.2, 0) is 16.6 Å². The molecule has 4 rings (SSSR count). The number of aromatic nitrogens is 1. The first-order valence-electron chi connectivity index (χ1n) is 10.5. The number of benzene rings is 1. The third-order valence-electron chi connectivity index (χ3n) is 6.46. The van der Waals surface area contributed by atoms with Crippen LogP contribution in [0, 0.1) is 13.8 Å². The van der Waals surface area contributed by atoms with Crippen LogP contribution in [0.1, 0.15) is 35.6 Å². The zero-order valence-corrected chi connectivity index (χ0v) is 17.8. The number of piperidine rings is 1. The topological polar surface area (TPSA) is 74.7 Å². The normalized spacial score (nSPS) is 19.8. The molecule has 2 amide bonds. The first-order chi connectivity index (χ1) is 14.4. The van der Waals surface area contributed by atoms with Crippen molar-refractivity contribution in [3.63, 3.8) is 0 Å². The molecular weight excluding hydrogens is 380 g/mol. The molecule has 0 bridgehead atoms. The maximum absolute atomic E-state index is 12.6. The lowest BCUT2D eigenvalue weighted by atomic mass is 9.87. The minimum Gasteiger partial charge on any atom is -0.368 e. The summed E-state index contributed by atoms with van der Waals surface area (Å²) < 4.78 is 1.69. The van der Waals surface area contributed by atoms with Gasteiger partial charge in [-0.1, -0.05) is 12.1 Å². The van der Waals surface area contributed by atoms with Crippen LogP contribution in [0.2, 0.25) is 0 Å². The maximum atomic E-state index is 12.6. The molecule has 7 heteroatoms. The summed E-state index contributed by atoms with van der Waals surface area (Å²) in [6.07, 6.45) is 0.934. The number of hydrogen-bond acceptors (Lipinski definition) is 5. The van der Waals surface area contributed by atoms with Crippen LogP contribution in [0.5, 0.6) is 0 Å². The Kier molecular flexibility index (Phi) is 5.37. The summed E-state index contributed by atoms with van der Waals surface area (Å²) in [4.78, 5) is 40.9. The number of rotatable bonds is 3. The molecule has 1 aromatic heterocycles. The highest BCUT2D eigenvalue weighted by Gasteiger charge is 2.30. The van der Waals surface area contributed by atoms with E-state index in [9.17, 15) is 14.4 Å². The van der Waals surface area contributed by atoms with E-state index < -0.39 is 0 Å². The number of carbonyl (C=O) groups is 2. The van der Waals surface area contributed by atoms with E-state index >= 15 is 0 Å². The summed E-state index contributed by atoms with van der Waals surface area (Å²) in [6, 6.07) is 9.97. The minimum absolute atomic E-state index is 0.0412. The van der Waals surface area contributed by atoms with E-state index in [1.807, 2.05) is 31.2 Å². The smallest absolute Gasteiger partial charge is 0.274 e. The average molecular weight is 409 g/mol. The molecule has 0 saturated carbocycles. The van der Waals surface area contributed by atoms with Gasteiger partial charge in [0.2, 0.25) is 11.8 Å². The van der Waals surface area contributed by atoms with Crippen LogP contribution >= 0.6 is 0 Å². The highest BCUT2D eigenvalue weighted by Crippen LogP contribution is 2.33. The second-order valence-electron chi connectivity index (χ2n) is 8.19. The van der Waals surface area contributed by atoms with Crippen molar-refractivity contribution in [3.05, 3.63) is 57.5 Å². The first-order valence-corrected chi connectivity index (χ1v) is 10.5. The van der Waals surface area contributed by atoms with Crippen molar-refractivity contribution in [2.75, 3.05) is 36.0 Å². The van der Waals surface area contributed by atoms with Gasteiger partial charge in [-0.3, -0.25) is 19.7 Å². The Bertz CT molecular complexity index is 1050. The van der Waals surface area contributed by atoms with E-state index in [4.69, 9.17) is 0 Å². The van der Waals surface area contributed by atoms with Gasteiger partial charge in [0.25, 0.3) is 5.56 Å². The predicted octanol–water partition coefficient (Wildman–Crippen LogP) is 1.85. The number of pyridine rings is 1. The molecule has 0 aliphatic carbocycles. The minimum atomic E-state index is -0.278. The number of anilines is 2. The van der Waals surface area contributed by atoms with E-state index in [2.05, 4.69) is 28.1 Å². The zero-order chi connectivity index (χ0) is 21.4. The summed E-state index contributed by atoms with van der Waals surface area (Å²) >= 11 is 0. The number of aryl methyl sites for hydroxylation is 1. The number of nitrogens with zero attached hydrogens (tertiary/aromatic N) is 3. The number of piperazine rings is 1. The van der Waals surface area contributed by atoms with Crippen molar-refractivity contribution in [2.45, 2.75) is 32.6 Å². The fourth-order valence-electron chi connectivity index (χ4n) is 4.49. The maximum Gasteiger partial charge on any atom is 0.274 e. The van der Waals surface area contributed by atoms with E-state index in [0.29, 0.717) is 12.8 Å². The molecule has 2 fully saturated rings. The number of hydrogen-bond donors (Lipinski definition) is 1. The molecular formula is C23H28N4O3. The van der Waals surface area contributed by atoms with Crippen molar-refractivity contribution >= 4 is 23.2 Å². The second kappa shape index (κ2) is 7.97. The van der Waals surface area contributed by atoms with Crippen LogP contribution in [0.3, 0.4) is 0 Å². The number of imide groups is 1. The van der Waals surface area contributed by atoms with E-state index in [-0.39, 0.29) is 23.3 Å². The predicted molar refractivity (Wildman–Crippen MR) is 117 cm³/mol. The largest absolute Gasteiger partial charge is 0.368 e. The highest BCUT2D eigenvalue weighted by atomic mass is 16.2. The molecule has 1 N–H and O–H groups in total. The van der Waals surface area contributed by atoms with Gasteiger partial charge in [-0.05, 0) is 49.6 Å². The Balaban J connectivity index is 1.52. The van der Waals surface area contributed by atoms with Gasteiger partial charge in [-0.15, -0.1) is 0 Å². The molecule has 2 saturated heterocycles. The lowest BCUT2D eigenvalue weighted by Gasteiger charge is -2.38. The Labute approximate surface area is 176 Å². The molecule has 2 aromatic rings. The molecule has 2 aliphatic heterocycles. The molecule has 0 spiro atoms. The number of nitrogens with one attached hydrogen (secondary N) is 1. The van der Waals surface area contributed by atoms with Gasteiger partial charge in [0.15, 0.2) is 0 Å². The van der Waals surface area contributed by atoms with Crippen LogP contribution in [0.25, 0.3) is 0 Å². The number of carbonyl (C=O) groups excluding carboxylic acids is 2. The summed E-state index contributed by atoms with van der Waals surface area (Å²) in [5, 5.41) is 2.46. The Morgan fingerprint density at radius 1 is 0.900 bits per heavy atom. The van der Waals surface area contributed by atoms with E-state index in [1.165, 1.54) is 0 Å². The number of amides is 2. The van der Waals surface area contributed by atoms with Crippen molar-refractivity contribution < 1.29 is 9.59 Å². The second-order valence-corrected chi connectivity index (χ2v) is 8.19. The SMILES string of the molecule is Cc1c(C2CCC(=O)NC2=O)cccc1N1CCN(c2ccc(C)n(C)c2=O)CC1. The van der Waals surface area contributed by atoms with Gasteiger partial charge >= 0.3 is 0 Å². The van der Waals surface area contributed by atoms with Gasteiger partial charge in [-0.25, -0.2) is 0 Å². The highest BCUT2D eigenvalue weighted by molar-refractivity contribution is 6.01. The molecule has 1 aromatic carbocycles. The van der Waals surface area contributed by atoms with Crippen molar-refractivity contribution in [2.24, 2.45) is 7.05 Å². The first kappa shape index (κ1) is 20.2. The van der Waals surface area contributed by atoms with Crippen LogP contribution in [0.4, 0.5) is 11.4 Å². The van der Waals surface area contributed by atoms with Gasteiger partial charge in [0.05, 0.1) is 5.92 Å². The molecule has 30 heavy (non-hydrogen) atoms. The van der Waals surface area contributed by atoms with E-state index in [1.54, 1.807) is 11.6 Å². The fraction of sp³-hybridized carbons (Fsp3) is 0.435. The third kappa shape index (κ3) is 3.60. The average Bonchev–Trinajstić information content (AvgIpc) is 2.73. The molecule has 158 valence electrons. The Hall–Kier alpha value is -3.09. The summed E-state index contributed by atoms with van der Waals surface area (Å²) in [5.74, 6) is -0.672. The van der Waals surface area contributed by atoms with E-state index in [0.717, 1.165) is 54.4 Å². The fourth-order valence-corrected chi connectivity index (χ4v) is 4.49. The lowest BCUT2D eigenvalue weighted by molar-refractivity contribution is -0.134. The molecule has 3 heterocycles. The van der Waals surface area contributed by atoms with Crippen molar-refractivity contribution in [1.29, 1.82) is 0 Å². The van der Waals surface area contributed by atoms with Gasteiger partial charge in [-0.2, -0.15) is 0 Å². The summed E-state index contributed by atoms with van der Waals surface area (Å²) in [6.45, 7) is 7.12. The lowest BCUT2D eigenvalue weighted by Crippen LogP contribution is -2.48. The Morgan fingerprint density at radius 2 is 1.57 bits per heavy atom. The van der Waals surface area contributed by atoms with Crippen molar-refractivity contribution in [1.82, 2.24) is 9.88 Å². The quantitative estimate of drug-likeness (QED) is 0.785. The van der Waals surface area contributed by atoms with Gasteiger partial charge in [0, 0.05) is 51.0 Å². The molecule has 0 radical (unpaired) electrons. The molecule has 2 aliphatic rings. The molecule has 1 atom stereocenters. The zero-order valence-electron chi connectivity index (χ0n) is 17.8. The van der Waals surface area contributed by atoms with Crippen LogP contribution < -0.4 is 20.7 Å². The summed E-state index contributed by atoms with van der Waals surface area (Å²) in [5.41, 5.74) is 4.94. The molecule has 7 nitrogen and oxygen atoms in total. The summed E-state index contributed by atoms with van der Waals surface area (Å²) in [7, 11) is 1.81. The van der Waals surface area contributed by atoms with Crippen LogP contribution in [0.15, 0.2) is 35.1 Å². The van der Waals surface area contributed by atoms with Gasteiger partial charge in [0.1, 0.15) is 5.69 Å². The monoisotopic (exact) mass is 408 g/mol. The standard InChI is InChI=1S/C23H28N4O3/c1-15-7-9-20(23(30)25(15)3)27-13-11-26(12-14-27)19-6-4-5-17(16(19)2)18-8-10-21(28)24-22(18)29/h4-7,9,18H,8,10-14H2,1-3H3,(H,24,28,29). The Morgan fingerprint density at radius 3 is 2.23 bits per heavy atom.